The third-order valence-corrected chi connectivity index (χ3v) is 4.29. The van der Waals surface area contributed by atoms with Gasteiger partial charge in [-0.3, -0.25) is 5.32 Å². The molecular formula is C15H30N4. The molecule has 0 aromatic rings. The number of nitrogens with one attached hydrogen (secondary N) is 1. The Labute approximate surface area is 118 Å². The minimum atomic E-state index is -0.0286. The molecule has 1 unspecified atom stereocenters. The maximum atomic E-state index is 9.13. The van der Waals surface area contributed by atoms with E-state index in [1.165, 1.54) is 19.3 Å². The molecule has 1 N–H and O–H groups in total. The van der Waals surface area contributed by atoms with Crippen LogP contribution in [0.5, 0.6) is 0 Å². The van der Waals surface area contributed by atoms with Gasteiger partial charge in [-0.2, -0.15) is 5.26 Å². The summed E-state index contributed by atoms with van der Waals surface area (Å²) in [5, 5.41) is 12.4. The van der Waals surface area contributed by atoms with Crippen molar-refractivity contribution in [1.29, 1.82) is 5.26 Å². The summed E-state index contributed by atoms with van der Waals surface area (Å²) in [6.07, 6.45) is 4.85. The lowest BCUT2D eigenvalue weighted by Gasteiger charge is -2.49. The van der Waals surface area contributed by atoms with Crippen molar-refractivity contribution < 1.29 is 0 Å². The number of rotatable bonds is 8. The lowest BCUT2D eigenvalue weighted by molar-refractivity contribution is 0.0273. The Morgan fingerprint density at radius 1 is 1.26 bits per heavy atom. The van der Waals surface area contributed by atoms with Gasteiger partial charge in [-0.25, -0.2) is 0 Å². The average molecular weight is 266 g/mol. The summed E-state index contributed by atoms with van der Waals surface area (Å²) in [4.78, 5) is 4.76. The SMILES string of the molecule is CC(C)NC(C#N)CCN(C)CC1(N(C)C)CCC1. The summed E-state index contributed by atoms with van der Waals surface area (Å²) in [6.45, 7) is 6.26. The standard InChI is InChI=1S/C15H30N4/c1-13(2)17-14(11-16)7-10-19(5)12-15(18(3)4)8-6-9-15/h13-14,17H,6-10,12H2,1-5H3. The molecule has 0 aromatic carbocycles. The van der Waals surface area contributed by atoms with Crippen molar-refractivity contribution >= 4 is 0 Å². The first-order valence-corrected chi connectivity index (χ1v) is 7.41. The summed E-state index contributed by atoms with van der Waals surface area (Å²) < 4.78 is 0. The fourth-order valence-electron chi connectivity index (χ4n) is 2.85. The first-order chi connectivity index (χ1) is 8.89. The van der Waals surface area contributed by atoms with E-state index in [1.54, 1.807) is 0 Å². The lowest BCUT2D eigenvalue weighted by atomic mass is 9.75. The number of nitriles is 1. The number of likely N-dealkylation sites (N-methyl/N-ethyl adjacent to an activating group) is 2. The van der Waals surface area contributed by atoms with E-state index in [2.05, 4.69) is 56.2 Å². The predicted octanol–water partition coefficient (Wildman–Crippen LogP) is 1.68. The van der Waals surface area contributed by atoms with Crippen LogP contribution in [0.15, 0.2) is 0 Å². The average Bonchev–Trinajstić information content (AvgIpc) is 2.28. The quantitative estimate of drug-likeness (QED) is 0.726. The van der Waals surface area contributed by atoms with E-state index >= 15 is 0 Å². The van der Waals surface area contributed by atoms with Crippen LogP contribution in [0, 0.1) is 11.3 Å². The summed E-state index contributed by atoms with van der Waals surface area (Å²) in [6, 6.07) is 2.70. The minimum Gasteiger partial charge on any atom is -0.304 e. The molecule has 4 nitrogen and oxygen atoms in total. The molecule has 0 spiro atoms. The van der Waals surface area contributed by atoms with Gasteiger partial charge in [0.15, 0.2) is 0 Å². The third-order valence-electron chi connectivity index (χ3n) is 4.29. The van der Waals surface area contributed by atoms with Gasteiger partial charge in [-0.05, 0) is 60.7 Å². The highest BCUT2D eigenvalue weighted by molar-refractivity contribution is 4.98. The maximum Gasteiger partial charge on any atom is 0.0967 e. The van der Waals surface area contributed by atoms with Crippen molar-refractivity contribution in [2.24, 2.45) is 0 Å². The highest BCUT2D eigenvalue weighted by Crippen LogP contribution is 2.36. The molecule has 110 valence electrons. The molecule has 0 bridgehead atoms. The van der Waals surface area contributed by atoms with E-state index in [1.807, 2.05) is 0 Å². The minimum absolute atomic E-state index is 0.0286. The van der Waals surface area contributed by atoms with Crippen LogP contribution >= 0.6 is 0 Å². The summed E-state index contributed by atoms with van der Waals surface area (Å²) in [5.74, 6) is 0. The zero-order chi connectivity index (χ0) is 14.5. The summed E-state index contributed by atoms with van der Waals surface area (Å²) >= 11 is 0. The molecule has 19 heavy (non-hydrogen) atoms. The van der Waals surface area contributed by atoms with Crippen LogP contribution in [-0.4, -0.2) is 61.7 Å². The van der Waals surface area contributed by atoms with Gasteiger partial charge in [0.05, 0.1) is 12.1 Å². The molecule has 0 amide bonds. The molecule has 1 fully saturated rings. The Hall–Kier alpha value is -0.630. The zero-order valence-corrected chi connectivity index (χ0v) is 13.2. The van der Waals surface area contributed by atoms with Gasteiger partial charge >= 0.3 is 0 Å². The smallest absolute Gasteiger partial charge is 0.0967 e. The van der Waals surface area contributed by atoms with E-state index in [9.17, 15) is 0 Å². The van der Waals surface area contributed by atoms with Crippen molar-refractivity contribution in [3.05, 3.63) is 0 Å². The molecule has 1 atom stereocenters. The van der Waals surface area contributed by atoms with Crippen LogP contribution < -0.4 is 5.32 Å². The number of hydrogen-bond donors (Lipinski definition) is 1. The maximum absolute atomic E-state index is 9.13. The zero-order valence-electron chi connectivity index (χ0n) is 13.2. The molecule has 1 aliphatic carbocycles. The van der Waals surface area contributed by atoms with Gasteiger partial charge < -0.3 is 9.80 Å². The Kier molecular flexibility index (Phi) is 6.25. The van der Waals surface area contributed by atoms with Crippen LogP contribution in [0.2, 0.25) is 0 Å². The highest BCUT2D eigenvalue weighted by atomic mass is 15.2. The van der Waals surface area contributed by atoms with Gasteiger partial charge in [0.25, 0.3) is 0 Å². The Morgan fingerprint density at radius 2 is 1.89 bits per heavy atom. The molecule has 0 saturated heterocycles. The van der Waals surface area contributed by atoms with Crippen LogP contribution in [0.1, 0.15) is 39.5 Å². The van der Waals surface area contributed by atoms with Crippen molar-refractivity contribution in [2.75, 3.05) is 34.2 Å². The Morgan fingerprint density at radius 3 is 2.26 bits per heavy atom. The topological polar surface area (TPSA) is 42.3 Å². The van der Waals surface area contributed by atoms with E-state index in [-0.39, 0.29) is 6.04 Å². The second-order valence-electron chi connectivity index (χ2n) is 6.50. The summed E-state index contributed by atoms with van der Waals surface area (Å²) in [5.41, 5.74) is 0.377. The van der Waals surface area contributed by atoms with E-state index in [0.29, 0.717) is 11.6 Å². The van der Waals surface area contributed by atoms with E-state index in [0.717, 1.165) is 19.5 Å². The van der Waals surface area contributed by atoms with Gasteiger partial charge in [0.2, 0.25) is 0 Å². The molecule has 4 heteroatoms. The van der Waals surface area contributed by atoms with Crippen molar-refractivity contribution in [3.63, 3.8) is 0 Å². The Balaban J connectivity index is 2.35. The van der Waals surface area contributed by atoms with Crippen LogP contribution in [0.25, 0.3) is 0 Å². The fraction of sp³-hybridized carbons (Fsp3) is 0.933. The molecular weight excluding hydrogens is 236 g/mol. The van der Waals surface area contributed by atoms with Gasteiger partial charge in [0, 0.05) is 24.7 Å². The van der Waals surface area contributed by atoms with Gasteiger partial charge in [-0.15, -0.1) is 0 Å². The van der Waals surface area contributed by atoms with E-state index < -0.39 is 0 Å². The van der Waals surface area contributed by atoms with Gasteiger partial charge in [-0.1, -0.05) is 0 Å². The monoisotopic (exact) mass is 266 g/mol. The Bertz CT molecular complexity index is 302. The predicted molar refractivity (Wildman–Crippen MR) is 80.1 cm³/mol. The van der Waals surface area contributed by atoms with Crippen LogP contribution in [0.4, 0.5) is 0 Å². The molecule has 1 rings (SSSR count). The molecule has 0 heterocycles. The van der Waals surface area contributed by atoms with Crippen molar-refractivity contribution in [2.45, 2.75) is 57.2 Å². The van der Waals surface area contributed by atoms with Crippen LogP contribution in [-0.2, 0) is 0 Å². The van der Waals surface area contributed by atoms with Crippen molar-refractivity contribution in [1.82, 2.24) is 15.1 Å². The lowest BCUT2D eigenvalue weighted by Crippen LogP contribution is -2.56. The first kappa shape index (κ1) is 16.4. The third kappa shape index (κ3) is 4.76. The molecule has 1 saturated carbocycles. The van der Waals surface area contributed by atoms with Gasteiger partial charge in [0.1, 0.15) is 0 Å². The first-order valence-electron chi connectivity index (χ1n) is 7.41. The number of nitrogens with zero attached hydrogens (tertiary/aromatic N) is 3. The van der Waals surface area contributed by atoms with Crippen LogP contribution in [0.3, 0.4) is 0 Å². The normalized spacial score (nSPS) is 19.5. The molecule has 0 aromatic heterocycles. The molecule has 1 aliphatic rings. The fourth-order valence-corrected chi connectivity index (χ4v) is 2.85. The van der Waals surface area contributed by atoms with E-state index in [4.69, 9.17) is 5.26 Å². The molecule has 0 aliphatic heterocycles. The second-order valence-corrected chi connectivity index (χ2v) is 6.50. The molecule has 0 radical (unpaired) electrons. The second kappa shape index (κ2) is 7.23. The number of hydrogen-bond acceptors (Lipinski definition) is 4. The largest absolute Gasteiger partial charge is 0.304 e. The summed E-state index contributed by atoms with van der Waals surface area (Å²) in [7, 11) is 6.55. The highest BCUT2D eigenvalue weighted by Gasteiger charge is 2.39. The van der Waals surface area contributed by atoms with Crippen molar-refractivity contribution in [3.8, 4) is 6.07 Å².